The van der Waals surface area contributed by atoms with Crippen LogP contribution in [0.4, 0.5) is 5.82 Å². The Morgan fingerprint density at radius 1 is 1.20 bits per heavy atom. The fraction of sp³-hybridized carbons (Fsp3) is 0.353. The van der Waals surface area contributed by atoms with Crippen molar-refractivity contribution in [2.75, 3.05) is 11.9 Å². The lowest BCUT2D eigenvalue weighted by Gasteiger charge is -2.11. The van der Waals surface area contributed by atoms with E-state index in [2.05, 4.69) is 55.3 Å². The Kier molecular flexibility index (Phi) is 5.48. The number of aromatic nitrogens is 1. The molecule has 1 aromatic carbocycles. The maximum Gasteiger partial charge on any atom is 0.129 e. The van der Waals surface area contributed by atoms with E-state index in [0.29, 0.717) is 0 Å². The zero-order valence-corrected chi connectivity index (χ0v) is 13.3. The van der Waals surface area contributed by atoms with Gasteiger partial charge in [0, 0.05) is 29.0 Å². The van der Waals surface area contributed by atoms with Crippen molar-refractivity contribution >= 4 is 17.6 Å². The molecule has 1 heterocycles. The third-order valence-corrected chi connectivity index (χ3v) is 4.37. The van der Waals surface area contributed by atoms with E-state index < -0.39 is 0 Å². The van der Waals surface area contributed by atoms with Crippen molar-refractivity contribution in [3.8, 4) is 0 Å². The van der Waals surface area contributed by atoms with Crippen LogP contribution in [0.1, 0.15) is 30.0 Å². The molecule has 0 saturated heterocycles. The SMILES string of the molecule is CCCNc1ncccc1CSc1ccc(C)cc1C. The molecule has 0 unspecified atom stereocenters. The Morgan fingerprint density at radius 3 is 2.80 bits per heavy atom. The van der Waals surface area contributed by atoms with E-state index in [9.17, 15) is 0 Å². The maximum absolute atomic E-state index is 4.44. The van der Waals surface area contributed by atoms with Crippen LogP contribution in [-0.4, -0.2) is 11.5 Å². The van der Waals surface area contributed by atoms with E-state index in [1.165, 1.54) is 21.6 Å². The number of nitrogens with zero attached hydrogens (tertiary/aromatic N) is 1. The van der Waals surface area contributed by atoms with Crippen LogP contribution in [0.3, 0.4) is 0 Å². The van der Waals surface area contributed by atoms with Gasteiger partial charge in [-0.25, -0.2) is 4.98 Å². The van der Waals surface area contributed by atoms with E-state index >= 15 is 0 Å². The molecule has 2 aromatic rings. The van der Waals surface area contributed by atoms with Crippen molar-refractivity contribution < 1.29 is 0 Å². The molecule has 0 atom stereocenters. The van der Waals surface area contributed by atoms with Gasteiger partial charge in [-0.15, -0.1) is 11.8 Å². The van der Waals surface area contributed by atoms with E-state index in [1.807, 2.05) is 24.0 Å². The molecule has 3 heteroatoms. The fourth-order valence-electron chi connectivity index (χ4n) is 2.07. The summed E-state index contributed by atoms with van der Waals surface area (Å²) in [7, 11) is 0. The number of benzene rings is 1. The molecule has 1 N–H and O–H groups in total. The van der Waals surface area contributed by atoms with Gasteiger partial charge < -0.3 is 5.32 Å². The number of hydrogen-bond acceptors (Lipinski definition) is 3. The Balaban J connectivity index is 2.06. The molecule has 0 aliphatic heterocycles. The molecule has 1 aromatic heterocycles. The largest absolute Gasteiger partial charge is 0.370 e. The Hall–Kier alpha value is -1.48. The summed E-state index contributed by atoms with van der Waals surface area (Å²) in [4.78, 5) is 5.79. The monoisotopic (exact) mass is 286 g/mol. The van der Waals surface area contributed by atoms with Crippen LogP contribution in [0.15, 0.2) is 41.4 Å². The first-order valence-corrected chi connectivity index (χ1v) is 8.07. The molecule has 2 rings (SSSR count). The standard InChI is InChI=1S/C17H22N2S/c1-4-9-18-17-15(6-5-10-19-17)12-20-16-8-7-13(2)11-14(16)3/h5-8,10-11H,4,9,12H2,1-3H3,(H,18,19). The average molecular weight is 286 g/mol. The summed E-state index contributed by atoms with van der Waals surface area (Å²) < 4.78 is 0. The average Bonchev–Trinajstić information content (AvgIpc) is 2.45. The Morgan fingerprint density at radius 2 is 2.05 bits per heavy atom. The van der Waals surface area contributed by atoms with Gasteiger partial charge in [0.25, 0.3) is 0 Å². The van der Waals surface area contributed by atoms with Gasteiger partial charge in [0.2, 0.25) is 0 Å². The highest BCUT2D eigenvalue weighted by atomic mass is 32.2. The van der Waals surface area contributed by atoms with Gasteiger partial charge in [0.05, 0.1) is 0 Å². The third-order valence-electron chi connectivity index (χ3n) is 3.15. The molecule has 0 radical (unpaired) electrons. The van der Waals surface area contributed by atoms with Crippen molar-refractivity contribution in [2.24, 2.45) is 0 Å². The molecule has 0 saturated carbocycles. The number of hydrogen-bond donors (Lipinski definition) is 1. The fourth-order valence-corrected chi connectivity index (χ4v) is 3.07. The van der Waals surface area contributed by atoms with Crippen molar-refractivity contribution in [2.45, 2.75) is 37.8 Å². The summed E-state index contributed by atoms with van der Waals surface area (Å²) in [5.74, 6) is 1.97. The second kappa shape index (κ2) is 7.34. The molecule has 0 bridgehead atoms. The van der Waals surface area contributed by atoms with Crippen molar-refractivity contribution in [1.29, 1.82) is 0 Å². The molecule has 0 amide bonds. The van der Waals surface area contributed by atoms with Gasteiger partial charge >= 0.3 is 0 Å². The minimum Gasteiger partial charge on any atom is -0.370 e. The van der Waals surface area contributed by atoms with Crippen LogP contribution in [-0.2, 0) is 5.75 Å². The molecule has 20 heavy (non-hydrogen) atoms. The lowest BCUT2D eigenvalue weighted by atomic mass is 10.2. The first-order chi connectivity index (χ1) is 9.70. The van der Waals surface area contributed by atoms with Crippen LogP contribution in [0.25, 0.3) is 0 Å². The van der Waals surface area contributed by atoms with Crippen molar-refractivity contribution in [3.63, 3.8) is 0 Å². The van der Waals surface area contributed by atoms with E-state index in [-0.39, 0.29) is 0 Å². The second-order valence-corrected chi connectivity index (χ2v) is 6.01. The van der Waals surface area contributed by atoms with Crippen molar-refractivity contribution in [1.82, 2.24) is 4.98 Å². The quantitative estimate of drug-likeness (QED) is 0.771. The molecular formula is C17H22N2S. The number of rotatable bonds is 6. The number of nitrogens with one attached hydrogen (secondary N) is 1. The van der Waals surface area contributed by atoms with Gasteiger partial charge in [0.15, 0.2) is 0 Å². The predicted molar refractivity (Wildman–Crippen MR) is 88.5 cm³/mol. The van der Waals surface area contributed by atoms with Crippen LogP contribution in [0, 0.1) is 13.8 Å². The molecule has 2 nitrogen and oxygen atoms in total. The van der Waals surface area contributed by atoms with Crippen LogP contribution < -0.4 is 5.32 Å². The smallest absolute Gasteiger partial charge is 0.129 e. The summed E-state index contributed by atoms with van der Waals surface area (Å²) in [6.45, 7) is 7.45. The highest BCUT2D eigenvalue weighted by Gasteiger charge is 2.05. The minimum atomic E-state index is 0.948. The first kappa shape index (κ1) is 14.9. The highest BCUT2D eigenvalue weighted by molar-refractivity contribution is 7.98. The first-order valence-electron chi connectivity index (χ1n) is 7.08. The molecule has 106 valence electrons. The summed E-state index contributed by atoms with van der Waals surface area (Å²) in [6, 6.07) is 10.8. The summed E-state index contributed by atoms with van der Waals surface area (Å²) in [5.41, 5.74) is 3.94. The maximum atomic E-state index is 4.44. The Labute approximate surface area is 126 Å². The number of thioether (sulfide) groups is 1. The van der Waals surface area contributed by atoms with E-state index in [0.717, 1.165) is 24.5 Å². The third kappa shape index (κ3) is 4.01. The van der Waals surface area contributed by atoms with Crippen molar-refractivity contribution in [3.05, 3.63) is 53.2 Å². The predicted octanol–water partition coefficient (Wildman–Crippen LogP) is 4.81. The molecule has 0 aliphatic rings. The lowest BCUT2D eigenvalue weighted by Crippen LogP contribution is -2.04. The topological polar surface area (TPSA) is 24.9 Å². The number of anilines is 1. The molecule has 0 aliphatic carbocycles. The van der Waals surface area contributed by atoms with Crippen LogP contribution in [0.2, 0.25) is 0 Å². The van der Waals surface area contributed by atoms with E-state index in [1.54, 1.807) is 0 Å². The Bertz CT molecular complexity index is 567. The van der Waals surface area contributed by atoms with Gasteiger partial charge in [-0.2, -0.15) is 0 Å². The molecular weight excluding hydrogens is 264 g/mol. The van der Waals surface area contributed by atoms with Crippen LogP contribution >= 0.6 is 11.8 Å². The zero-order valence-electron chi connectivity index (χ0n) is 12.4. The van der Waals surface area contributed by atoms with Gasteiger partial charge in [-0.1, -0.05) is 30.7 Å². The highest BCUT2D eigenvalue weighted by Crippen LogP contribution is 2.28. The summed E-state index contributed by atoms with van der Waals surface area (Å²) in [5, 5.41) is 3.40. The minimum absolute atomic E-state index is 0.948. The van der Waals surface area contributed by atoms with Crippen LogP contribution in [0.5, 0.6) is 0 Å². The lowest BCUT2D eigenvalue weighted by molar-refractivity contribution is 0.965. The van der Waals surface area contributed by atoms with Gasteiger partial charge in [-0.05, 0) is 38.0 Å². The van der Waals surface area contributed by atoms with Gasteiger partial charge in [0.1, 0.15) is 5.82 Å². The zero-order chi connectivity index (χ0) is 14.4. The van der Waals surface area contributed by atoms with E-state index in [4.69, 9.17) is 0 Å². The summed E-state index contributed by atoms with van der Waals surface area (Å²) >= 11 is 1.88. The number of aryl methyl sites for hydroxylation is 2. The summed E-state index contributed by atoms with van der Waals surface area (Å²) in [6.07, 6.45) is 2.96. The molecule has 0 spiro atoms. The molecule has 0 fully saturated rings. The second-order valence-electron chi connectivity index (χ2n) is 5.00. The number of pyridine rings is 1. The normalized spacial score (nSPS) is 10.6. The van der Waals surface area contributed by atoms with Gasteiger partial charge in [-0.3, -0.25) is 0 Å².